The Bertz CT molecular complexity index is 3620. The minimum absolute atomic E-state index is 0.551. The first-order valence-electron chi connectivity index (χ1n) is 20.9. The van der Waals surface area contributed by atoms with Crippen LogP contribution in [0.4, 0.5) is 0 Å². The lowest BCUT2D eigenvalue weighted by atomic mass is 9.98. The summed E-state index contributed by atoms with van der Waals surface area (Å²) in [7, 11) is 0. The van der Waals surface area contributed by atoms with E-state index in [1.165, 1.54) is 16.5 Å². The second kappa shape index (κ2) is 14.7. The maximum absolute atomic E-state index is 5.45. The normalized spacial score (nSPS) is 11.5. The Morgan fingerprint density at radius 1 is 0.258 bits per heavy atom. The van der Waals surface area contributed by atoms with Gasteiger partial charge in [-0.15, -0.1) is 0 Å². The van der Waals surface area contributed by atoms with Gasteiger partial charge < -0.3 is 4.57 Å². The minimum Gasteiger partial charge on any atom is -0.307 e. The van der Waals surface area contributed by atoms with Crippen molar-refractivity contribution in [2.75, 3.05) is 0 Å². The molecule has 290 valence electrons. The standard InChI is InChI=1S/C57H37N5/c1-4-17-38(18-5-1)40-21-14-23-42(35-40)43-24-16-26-45(37-43)56-58-55(44-25-15-22-41(36-44)39-19-6-2-7-20-39)59-57(60-56)62-52-32-13-11-30-48(52)50-34-33-49-47-29-10-12-31-51(47)61(53(49)54(50)62)46-27-8-3-9-28-46/h1-37H. The van der Waals surface area contributed by atoms with Crippen molar-refractivity contribution in [2.24, 2.45) is 0 Å². The monoisotopic (exact) mass is 791 g/mol. The third-order valence-electron chi connectivity index (χ3n) is 12.0. The summed E-state index contributed by atoms with van der Waals surface area (Å²) in [5, 5.41) is 4.61. The molecule has 0 fully saturated rings. The molecule has 0 aliphatic carbocycles. The molecule has 12 aromatic rings. The number of rotatable bonds is 7. The molecule has 0 saturated heterocycles. The minimum atomic E-state index is 0.551. The van der Waals surface area contributed by atoms with E-state index in [1.54, 1.807) is 0 Å². The Morgan fingerprint density at radius 3 is 1.15 bits per heavy atom. The van der Waals surface area contributed by atoms with E-state index in [4.69, 9.17) is 15.0 Å². The molecule has 9 aromatic carbocycles. The molecule has 5 heteroatoms. The van der Waals surface area contributed by atoms with Gasteiger partial charge in [0.1, 0.15) is 0 Å². The van der Waals surface area contributed by atoms with Gasteiger partial charge in [-0.3, -0.25) is 4.57 Å². The Hall–Kier alpha value is -8.41. The van der Waals surface area contributed by atoms with Gasteiger partial charge in [-0.2, -0.15) is 9.97 Å². The molecular weight excluding hydrogens is 755 g/mol. The van der Waals surface area contributed by atoms with Crippen molar-refractivity contribution >= 4 is 43.6 Å². The summed E-state index contributed by atoms with van der Waals surface area (Å²) in [5.41, 5.74) is 14.0. The van der Waals surface area contributed by atoms with Crippen LogP contribution in [0.1, 0.15) is 0 Å². The Balaban J connectivity index is 1.14. The molecule has 0 saturated carbocycles. The molecule has 0 aliphatic heterocycles. The molecule has 0 N–H and O–H groups in total. The van der Waals surface area contributed by atoms with Crippen molar-refractivity contribution in [1.29, 1.82) is 0 Å². The zero-order valence-electron chi connectivity index (χ0n) is 33.6. The van der Waals surface area contributed by atoms with E-state index >= 15 is 0 Å². The number of nitrogens with zero attached hydrogens (tertiary/aromatic N) is 5. The van der Waals surface area contributed by atoms with Crippen molar-refractivity contribution in [3.8, 4) is 67.8 Å². The predicted octanol–water partition coefficient (Wildman–Crippen LogP) is 14.4. The predicted molar refractivity (Wildman–Crippen MR) is 256 cm³/mol. The van der Waals surface area contributed by atoms with E-state index in [1.807, 2.05) is 6.07 Å². The lowest BCUT2D eigenvalue weighted by molar-refractivity contribution is 0.953. The Labute approximate surface area is 358 Å². The molecule has 0 atom stereocenters. The molecule has 0 bridgehead atoms. The van der Waals surface area contributed by atoms with Crippen molar-refractivity contribution in [2.45, 2.75) is 0 Å². The molecule has 62 heavy (non-hydrogen) atoms. The number of para-hydroxylation sites is 3. The maximum Gasteiger partial charge on any atom is 0.238 e. The van der Waals surface area contributed by atoms with Crippen LogP contribution in [0.5, 0.6) is 0 Å². The van der Waals surface area contributed by atoms with Crippen molar-refractivity contribution in [1.82, 2.24) is 24.1 Å². The zero-order chi connectivity index (χ0) is 41.0. The fourth-order valence-electron chi connectivity index (χ4n) is 9.09. The summed E-state index contributed by atoms with van der Waals surface area (Å²) >= 11 is 0. The van der Waals surface area contributed by atoms with Crippen LogP contribution in [-0.4, -0.2) is 24.1 Å². The van der Waals surface area contributed by atoms with Crippen LogP contribution in [0.3, 0.4) is 0 Å². The van der Waals surface area contributed by atoms with Gasteiger partial charge in [-0.05, 0) is 75.8 Å². The van der Waals surface area contributed by atoms with Gasteiger partial charge in [-0.1, -0.05) is 182 Å². The largest absolute Gasteiger partial charge is 0.307 e. The molecule has 0 aliphatic rings. The van der Waals surface area contributed by atoms with Gasteiger partial charge in [0.2, 0.25) is 5.95 Å². The maximum atomic E-state index is 5.45. The first kappa shape index (κ1) is 35.5. The number of benzene rings is 9. The number of fused-ring (bicyclic) bond motifs is 7. The molecule has 12 rings (SSSR count). The van der Waals surface area contributed by atoms with E-state index in [0.29, 0.717) is 17.6 Å². The second-order valence-corrected chi connectivity index (χ2v) is 15.7. The quantitative estimate of drug-likeness (QED) is 0.162. The summed E-state index contributed by atoms with van der Waals surface area (Å²) in [6.45, 7) is 0. The first-order chi connectivity index (χ1) is 30.7. The Kier molecular flexibility index (Phi) is 8.42. The average molecular weight is 792 g/mol. The van der Waals surface area contributed by atoms with Crippen LogP contribution in [0, 0.1) is 0 Å². The van der Waals surface area contributed by atoms with Crippen LogP contribution in [0.25, 0.3) is 111 Å². The number of aromatic nitrogens is 5. The SMILES string of the molecule is c1ccc(-c2cccc(-c3cccc(-c4nc(-c5cccc(-c6ccccc6)c5)nc(-n5c6ccccc6c6ccc7c8ccccc8n(-c8ccccc8)c7c65)n4)c3)c2)cc1. The Morgan fingerprint density at radius 2 is 0.629 bits per heavy atom. The molecule has 5 nitrogen and oxygen atoms in total. The van der Waals surface area contributed by atoms with E-state index in [9.17, 15) is 0 Å². The molecule has 0 spiro atoms. The lowest BCUT2D eigenvalue weighted by Gasteiger charge is -2.14. The van der Waals surface area contributed by atoms with Gasteiger partial charge in [0.15, 0.2) is 11.6 Å². The van der Waals surface area contributed by atoms with E-state index in [2.05, 4.69) is 228 Å². The summed E-state index contributed by atoms with van der Waals surface area (Å²) in [5.74, 6) is 1.74. The molecule has 3 heterocycles. The van der Waals surface area contributed by atoms with Gasteiger partial charge in [0.05, 0.1) is 22.1 Å². The van der Waals surface area contributed by atoms with Crippen LogP contribution >= 0.6 is 0 Å². The third kappa shape index (κ3) is 5.98. The van der Waals surface area contributed by atoms with Gasteiger partial charge in [-0.25, -0.2) is 4.98 Å². The molecule has 0 unspecified atom stereocenters. The molecular formula is C57H37N5. The highest BCUT2D eigenvalue weighted by Gasteiger charge is 2.23. The van der Waals surface area contributed by atoms with Crippen molar-refractivity contribution < 1.29 is 0 Å². The lowest BCUT2D eigenvalue weighted by Crippen LogP contribution is -2.07. The third-order valence-corrected chi connectivity index (χ3v) is 12.0. The van der Waals surface area contributed by atoms with Crippen LogP contribution in [0.15, 0.2) is 224 Å². The van der Waals surface area contributed by atoms with Gasteiger partial charge in [0, 0.05) is 38.4 Å². The van der Waals surface area contributed by atoms with E-state index in [0.717, 1.165) is 77.3 Å². The van der Waals surface area contributed by atoms with Crippen LogP contribution in [0.2, 0.25) is 0 Å². The summed E-state index contributed by atoms with van der Waals surface area (Å²) in [4.78, 5) is 16.2. The molecule has 3 aromatic heterocycles. The zero-order valence-corrected chi connectivity index (χ0v) is 33.6. The van der Waals surface area contributed by atoms with E-state index < -0.39 is 0 Å². The van der Waals surface area contributed by atoms with Gasteiger partial charge in [0.25, 0.3) is 0 Å². The fourth-order valence-corrected chi connectivity index (χ4v) is 9.09. The summed E-state index contributed by atoms with van der Waals surface area (Å²) < 4.78 is 4.65. The summed E-state index contributed by atoms with van der Waals surface area (Å²) in [6.07, 6.45) is 0. The smallest absolute Gasteiger partial charge is 0.238 e. The number of hydrogen-bond acceptors (Lipinski definition) is 3. The van der Waals surface area contributed by atoms with Crippen molar-refractivity contribution in [3.05, 3.63) is 224 Å². The average Bonchev–Trinajstić information content (AvgIpc) is 3.88. The van der Waals surface area contributed by atoms with Gasteiger partial charge >= 0.3 is 0 Å². The number of hydrogen-bond donors (Lipinski definition) is 0. The highest BCUT2D eigenvalue weighted by atomic mass is 15.2. The topological polar surface area (TPSA) is 48.5 Å². The first-order valence-corrected chi connectivity index (χ1v) is 20.9. The second-order valence-electron chi connectivity index (χ2n) is 15.7. The molecule has 0 radical (unpaired) electrons. The van der Waals surface area contributed by atoms with E-state index in [-0.39, 0.29) is 0 Å². The van der Waals surface area contributed by atoms with Crippen LogP contribution < -0.4 is 0 Å². The fraction of sp³-hybridized carbons (Fsp3) is 0. The highest BCUT2D eigenvalue weighted by molar-refractivity contribution is 6.23. The molecule has 0 amide bonds. The van der Waals surface area contributed by atoms with Crippen molar-refractivity contribution in [3.63, 3.8) is 0 Å². The summed E-state index contributed by atoms with van der Waals surface area (Å²) in [6, 6.07) is 79.2. The van der Waals surface area contributed by atoms with Crippen LogP contribution in [-0.2, 0) is 0 Å². The highest BCUT2D eigenvalue weighted by Crippen LogP contribution is 2.42.